The quantitative estimate of drug-likeness (QED) is 0.612. The van der Waals surface area contributed by atoms with Gasteiger partial charge in [0.25, 0.3) is 0 Å². The molecule has 2 saturated heterocycles. The predicted octanol–water partition coefficient (Wildman–Crippen LogP) is 1.61. The van der Waals surface area contributed by atoms with E-state index in [-0.39, 0.29) is 12.5 Å². The van der Waals surface area contributed by atoms with Crippen molar-refractivity contribution in [1.29, 1.82) is 0 Å². The first-order valence-corrected chi connectivity index (χ1v) is 11.1. The Morgan fingerprint density at radius 2 is 1.88 bits per heavy atom. The minimum atomic E-state index is -1.42. The van der Waals surface area contributed by atoms with Crippen molar-refractivity contribution in [3.8, 4) is 5.75 Å². The van der Waals surface area contributed by atoms with E-state index in [9.17, 15) is 19.5 Å². The summed E-state index contributed by atoms with van der Waals surface area (Å²) in [6.45, 7) is 5.44. The average molecular weight is 450 g/mol. The Kier molecular flexibility index (Phi) is 4.84. The molecule has 1 spiro atoms. The largest absolute Gasteiger partial charge is 0.496 e. The molecule has 0 radical (unpaired) electrons. The summed E-state index contributed by atoms with van der Waals surface area (Å²) in [4.78, 5) is 42.1. The number of carbonyl (C=O) groups is 3. The fourth-order valence-corrected chi connectivity index (χ4v) is 5.82. The molecule has 3 aliphatic heterocycles. The molecule has 5 atom stereocenters. The first-order valence-electron chi connectivity index (χ1n) is 11.1. The van der Waals surface area contributed by atoms with Crippen LogP contribution in [-0.4, -0.2) is 47.0 Å². The van der Waals surface area contributed by atoms with Crippen LogP contribution in [0.1, 0.15) is 29.2 Å². The van der Waals surface area contributed by atoms with Crippen molar-refractivity contribution in [2.75, 3.05) is 12.4 Å². The van der Waals surface area contributed by atoms with Gasteiger partial charge in [-0.1, -0.05) is 35.9 Å². The third-order valence-electron chi connectivity index (χ3n) is 7.23. The highest BCUT2D eigenvalue weighted by Crippen LogP contribution is 2.54. The Balaban J connectivity index is 1.63. The molecule has 3 aliphatic rings. The molecule has 2 aromatic rings. The number of hydrogen-bond acceptors (Lipinski definition) is 6. The summed E-state index contributed by atoms with van der Waals surface area (Å²) < 4.78 is 5.40. The van der Waals surface area contributed by atoms with Crippen molar-refractivity contribution >= 4 is 23.4 Å². The standard InChI is InChI=1S/C25H27N3O5/c1-12-9-13(2)20-16(10-12)25(24(32)26-20)19-18(21(27-25)14(3)29)22(30)28(23(19)31)11-15-7-5-6-8-17(15)33-4/h5-10,14,18-19,21,27,29H,11H2,1-4H3,(H,26,32)/t14-,18-,19-,21+,25+/m0/s1. The number of carbonyl (C=O) groups excluding carboxylic acids is 3. The maximum Gasteiger partial charge on any atom is 0.250 e. The molecule has 0 aromatic heterocycles. The molecule has 33 heavy (non-hydrogen) atoms. The minimum absolute atomic E-state index is 0.0403. The van der Waals surface area contributed by atoms with E-state index < -0.39 is 41.3 Å². The molecule has 0 saturated carbocycles. The first-order chi connectivity index (χ1) is 15.7. The van der Waals surface area contributed by atoms with E-state index in [2.05, 4.69) is 10.6 Å². The van der Waals surface area contributed by atoms with Crippen LogP contribution in [0.15, 0.2) is 36.4 Å². The molecule has 0 bridgehead atoms. The van der Waals surface area contributed by atoms with Crippen molar-refractivity contribution in [1.82, 2.24) is 10.2 Å². The average Bonchev–Trinajstić information content (AvgIpc) is 3.36. The third kappa shape index (κ3) is 2.87. The maximum absolute atomic E-state index is 13.8. The number of benzene rings is 2. The van der Waals surface area contributed by atoms with Gasteiger partial charge in [-0.25, -0.2) is 0 Å². The van der Waals surface area contributed by atoms with E-state index in [1.807, 2.05) is 38.1 Å². The second kappa shape index (κ2) is 7.40. The highest BCUT2D eigenvalue weighted by Gasteiger charge is 2.71. The van der Waals surface area contributed by atoms with E-state index in [0.29, 0.717) is 22.6 Å². The molecular weight excluding hydrogens is 422 g/mol. The van der Waals surface area contributed by atoms with Gasteiger partial charge in [-0.3, -0.25) is 24.6 Å². The van der Waals surface area contributed by atoms with Crippen molar-refractivity contribution in [3.63, 3.8) is 0 Å². The van der Waals surface area contributed by atoms with E-state index >= 15 is 0 Å². The molecule has 0 aliphatic carbocycles. The summed E-state index contributed by atoms with van der Waals surface area (Å²) >= 11 is 0. The smallest absolute Gasteiger partial charge is 0.250 e. The van der Waals surface area contributed by atoms with Crippen LogP contribution >= 0.6 is 0 Å². The molecule has 8 nitrogen and oxygen atoms in total. The van der Waals surface area contributed by atoms with E-state index in [4.69, 9.17) is 4.74 Å². The van der Waals surface area contributed by atoms with Crippen molar-refractivity contribution < 1.29 is 24.2 Å². The lowest BCUT2D eigenvalue weighted by atomic mass is 9.75. The fourth-order valence-electron chi connectivity index (χ4n) is 5.82. The molecule has 8 heteroatoms. The van der Waals surface area contributed by atoms with Crippen LogP contribution in [0.5, 0.6) is 5.75 Å². The maximum atomic E-state index is 13.8. The molecule has 172 valence electrons. The van der Waals surface area contributed by atoms with Crippen LogP contribution in [-0.2, 0) is 26.5 Å². The zero-order chi connectivity index (χ0) is 23.7. The monoisotopic (exact) mass is 449 g/mol. The highest BCUT2D eigenvalue weighted by molar-refractivity contribution is 6.15. The number of amides is 3. The number of para-hydroxylation sites is 1. The van der Waals surface area contributed by atoms with E-state index in [1.165, 1.54) is 12.0 Å². The first kappa shape index (κ1) is 21.6. The lowest BCUT2D eigenvalue weighted by Gasteiger charge is -2.30. The number of nitrogens with one attached hydrogen (secondary N) is 2. The number of ether oxygens (including phenoxy) is 1. The molecule has 3 amide bonds. The summed E-state index contributed by atoms with van der Waals surface area (Å²) in [6.07, 6.45) is -0.942. The second-order valence-electron chi connectivity index (χ2n) is 9.26. The third-order valence-corrected chi connectivity index (χ3v) is 7.23. The van der Waals surface area contributed by atoms with Gasteiger partial charge in [-0.05, 0) is 32.4 Å². The van der Waals surface area contributed by atoms with Crippen molar-refractivity contribution in [2.24, 2.45) is 11.8 Å². The number of nitrogens with zero attached hydrogens (tertiary/aromatic N) is 1. The fraction of sp³-hybridized carbons (Fsp3) is 0.400. The number of aliphatic hydroxyl groups is 1. The molecular formula is C25H27N3O5. The summed E-state index contributed by atoms with van der Waals surface area (Å²) in [5.74, 6) is -2.42. The molecule has 3 heterocycles. The topological polar surface area (TPSA) is 108 Å². The lowest BCUT2D eigenvalue weighted by Crippen LogP contribution is -2.54. The van der Waals surface area contributed by atoms with E-state index in [0.717, 1.165) is 11.1 Å². The summed E-state index contributed by atoms with van der Waals surface area (Å²) in [6, 6.07) is 10.3. The highest BCUT2D eigenvalue weighted by atomic mass is 16.5. The van der Waals surface area contributed by atoms with E-state index in [1.54, 1.807) is 19.1 Å². The van der Waals surface area contributed by atoms with Gasteiger partial charge in [-0.2, -0.15) is 0 Å². The van der Waals surface area contributed by atoms with Gasteiger partial charge in [0.15, 0.2) is 0 Å². The van der Waals surface area contributed by atoms with Crippen molar-refractivity contribution in [3.05, 3.63) is 58.7 Å². The number of imide groups is 1. The number of fused-ring (bicyclic) bond motifs is 4. The number of aryl methyl sites for hydroxylation is 2. The summed E-state index contributed by atoms with van der Waals surface area (Å²) in [5.41, 5.74) is 2.43. The number of likely N-dealkylation sites (tertiary alicyclic amines) is 1. The van der Waals surface area contributed by atoms with Crippen LogP contribution < -0.4 is 15.4 Å². The van der Waals surface area contributed by atoms with Crippen LogP contribution in [0.2, 0.25) is 0 Å². The Bertz CT molecular complexity index is 1190. The molecule has 2 fully saturated rings. The zero-order valence-electron chi connectivity index (χ0n) is 19.0. The van der Waals surface area contributed by atoms with Gasteiger partial charge in [0, 0.05) is 22.9 Å². The van der Waals surface area contributed by atoms with Gasteiger partial charge in [0.1, 0.15) is 11.3 Å². The van der Waals surface area contributed by atoms with Gasteiger partial charge < -0.3 is 15.2 Å². The predicted molar refractivity (Wildman–Crippen MR) is 120 cm³/mol. The Morgan fingerprint density at radius 3 is 2.58 bits per heavy atom. The zero-order valence-corrected chi connectivity index (χ0v) is 19.0. The van der Waals surface area contributed by atoms with Gasteiger partial charge >= 0.3 is 0 Å². The Hall–Kier alpha value is -3.23. The molecule has 5 rings (SSSR count). The summed E-state index contributed by atoms with van der Waals surface area (Å²) in [7, 11) is 1.54. The van der Waals surface area contributed by atoms with Gasteiger partial charge in [0.2, 0.25) is 17.7 Å². The van der Waals surface area contributed by atoms with Crippen LogP contribution in [0.3, 0.4) is 0 Å². The lowest BCUT2D eigenvalue weighted by molar-refractivity contribution is -0.143. The number of aliphatic hydroxyl groups excluding tert-OH is 1. The Morgan fingerprint density at radius 1 is 1.15 bits per heavy atom. The summed E-state index contributed by atoms with van der Waals surface area (Å²) in [5, 5.41) is 16.7. The number of rotatable bonds is 4. The van der Waals surface area contributed by atoms with Crippen LogP contribution in [0, 0.1) is 25.7 Å². The second-order valence-corrected chi connectivity index (χ2v) is 9.26. The Labute approximate surface area is 191 Å². The minimum Gasteiger partial charge on any atom is -0.496 e. The number of anilines is 1. The number of methoxy groups -OCH3 is 1. The SMILES string of the molecule is COc1ccccc1CN1C(=O)[C@@H]2[C@@H]([C@H](C)O)N[C@@]3(C(=O)Nc4c(C)cc(C)cc43)[C@@H]2C1=O. The van der Waals surface area contributed by atoms with Gasteiger partial charge in [0.05, 0.1) is 31.6 Å². The normalized spacial score (nSPS) is 28.8. The molecule has 2 aromatic carbocycles. The van der Waals surface area contributed by atoms with Crippen LogP contribution in [0.25, 0.3) is 0 Å². The molecule has 3 N–H and O–H groups in total. The number of hydrogen-bond donors (Lipinski definition) is 3. The van der Waals surface area contributed by atoms with Gasteiger partial charge in [-0.15, -0.1) is 0 Å². The van der Waals surface area contributed by atoms with Crippen LogP contribution in [0.4, 0.5) is 5.69 Å². The molecule has 0 unspecified atom stereocenters. The van der Waals surface area contributed by atoms with Crippen molar-refractivity contribution in [2.45, 2.75) is 45.0 Å².